The predicted octanol–water partition coefficient (Wildman–Crippen LogP) is 1.55. The van der Waals surface area contributed by atoms with Crippen molar-refractivity contribution in [1.82, 2.24) is 10.6 Å². The molecule has 1 aromatic carbocycles. The van der Waals surface area contributed by atoms with Crippen LogP contribution in [-0.2, 0) is 20.7 Å². The number of esters is 1. The average Bonchev–Trinajstić information content (AvgIpc) is 3.19. The van der Waals surface area contributed by atoms with Crippen LogP contribution in [0.3, 0.4) is 0 Å². The summed E-state index contributed by atoms with van der Waals surface area (Å²) in [7, 11) is 0. The zero-order valence-electron chi connectivity index (χ0n) is 14.6. The van der Waals surface area contributed by atoms with Gasteiger partial charge in [-0.3, -0.25) is 14.4 Å². The van der Waals surface area contributed by atoms with Crippen LogP contribution >= 0.6 is 0 Å². The van der Waals surface area contributed by atoms with Crippen molar-refractivity contribution in [3.8, 4) is 0 Å². The highest BCUT2D eigenvalue weighted by Crippen LogP contribution is 2.10. The van der Waals surface area contributed by atoms with Gasteiger partial charge in [-0.25, -0.2) is 0 Å². The van der Waals surface area contributed by atoms with Crippen LogP contribution in [0.2, 0.25) is 0 Å². The predicted molar refractivity (Wildman–Crippen MR) is 94.3 cm³/mol. The van der Waals surface area contributed by atoms with Gasteiger partial charge >= 0.3 is 5.97 Å². The fraction of sp³-hybridized carbons (Fsp3) is 0.316. The zero-order chi connectivity index (χ0) is 18.8. The van der Waals surface area contributed by atoms with Gasteiger partial charge in [0, 0.05) is 6.54 Å². The minimum atomic E-state index is -0.495. The molecule has 0 spiro atoms. The van der Waals surface area contributed by atoms with Gasteiger partial charge in [-0.15, -0.1) is 0 Å². The lowest BCUT2D eigenvalue weighted by atomic mass is 9.99. The molecule has 138 valence electrons. The molecule has 0 aliphatic rings. The van der Waals surface area contributed by atoms with E-state index in [1.807, 2.05) is 30.3 Å². The SMILES string of the molecule is CCOC(=O)[C@H](CNC(=O)CNC(=O)c1ccoc1)Cc1ccccc1. The van der Waals surface area contributed by atoms with Gasteiger partial charge in [0.1, 0.15) is 6.26 Å². The summed E-state index contributed by atoms with van der Waals surface area (Å²) in [4.78, 5) is 35.8. The van der Waals surface area contributed by atoms with E-state index in [2.05, 4.69) is 10.6 Å². The van der Waals surface area contributed by atoms with E-state index in [1.165, 1.54) is 18.6 Å². The normalized spacial score (nSPS) is 11.4. The Morgan fingerprint density at radius 3 is 2.54 bits per heavy atom. The van der Waals surface area contributed by atoms with Crippen molar-refractivity contribution in [3.05, 3.63) is 60.1 Å². The maximum Gasteiger partial charge on any atom is 0.311 e. The lowest BCUT2D eigenvalue weighted by molar-refractivity contribution is -0.147. The van der Waals surface area contributed by atoms with Crippen LogP contribution < -0.4 is 10.6 Å². The molecule has 2 rings (SSSR count). The molecule has 0 fully saturated rings. The molecule has 1 heterocycles. The minimum Gasteiger partial charge on any atom is -0.472 e. The van der Waals surface area contributed by atoms with Gasteiger partial charge in [0.25, 0.3) is 5.91 Å². The summed E-state index contributed by atoms with van der Waals surface area (Å²) in [5.74, 6) is -1.64. The van der Waals surface area contributed by atoms with Crippen LogP contribution in [0.15, 0.2) is 53.3 Å². The molecule has 1 aromatic heterocycles. The molecule has 2 aromatic rings. The molecule has 0 radical (unpaired) electrons. The number of amides is 2. The summed E-state index contributed by atoms with van der Waals surface area (Å²) < 4.78 is 9.90. The lowest BCUT2D eigenvalue weighted by Gasteiger charge is -2.16. The van der Waals surface area contributed by atoms with Crippen LogP contribution in [0.5, 0.6) is 0 Å². The van der Waals surface area contributed by atoms with Gasteiger partial charge in [0.15, 0.2) is 0 Å². The van der Waals surface area contributed by atoms with Crippen LogP contribution in [-0.4, -0.2) is 37.5 Å². The van der Waals surface area contributed by atoms with E-state index in [1.54, 1.807) is 6.92 Å². The molecule has 26 heavy (non-hydrogen) atoms. The number of carbonyl (C=O) groups excluding carboxylic acids is 3. The first-order valence-electron chi connectivity index (χ1n) is 8.37. The number of nitrogens with one attached hydrogen (secondary N) is 2. The van der Waals surface area contributed by atoms with Crippen LogP contribution in [0.25, 0.3) is 0 Å². The van der Waals surface area contributed by atoms with Crippen molar-refractivity contribution in [3.63, 3.8) is 0 Å². The number of furan rings is 1. The van der Waals surface area contributed by atoms with Crippen LogP contribution in [0.1, 0.15) is 22.8 Å². The first-order valence-corrected chi connectivity index (χ1v) is 8.37. The van der Waals surface area contributed by atoms with Crippen molar-refractivity contribution >= 4 is 17.8 Å². The van der Waals surface area contributed by atoms with Crippen molar-refractivity contribution in [2.24, 2.45) is 5.92 Å². The molecule has 2 amide bonds. The van der Waals surface area contributed by atoms with Crippen molar-refractivity contribution in [2.45, 2.75) is 13.3 Å². The molecule has 0 saturated carbocycles. The number of carbonyl (C=O) groups is 3. The monoisotopic (exact) mass is 358 g/mol. The van der Waals surface area contributed by atoms with E-state index in [0.717, 1.165) is 5.56 Å². The van der Waals surface area contributed by atoms with Gasteiger partial charge < -0.3 is 19.8 Å². The Balaban J connectivity index is 1.84. The quantitative estimate of drug-likeness (QED) is 0.663. The van der Waals surface area contributed by atoms with Gasteiger partial charge in [0.2, 0.25) is 5.91 Å². The highest BCUT2D eigenvalue weighted by atomic mass is 16.5. The number of ether oxygens (including phenoxy) is 1. The van der Waals surface area contributed by atoms with Gasteiger partial charge in [0.05, 0.1) is 30.9 Å². The lowest BCUT2D eigenvalue weighted by Crippen LogP contribution is -2.41. The van der Waals surface area contributed by atoms with E-state index in [0.29, 0.717) is 12.0 Å². The maximum absolute atomic E-state index is 12.1. The highest BCUT2D eigenvalue weighted by Gasteiger charge is 2.21. The summed E-state index contributed by atoms with van der Waals surface area (Å²) >= 11 is 0. The largest absolute Gasteiger partial charge is 0.472 e. The zero-order valence-corrected chi connectivity index (χ0v) is 14.6. The van der Waals surface area contributed by atoms with E-state index in [4.69, 9.17) is 9.15 Å². The molecular formula is C19H22N2O5. The number of benzene rings is 1. The summed E-state index contributed by atoms with van der Waals surface area (Å²) in [5.41, 5.74) is 1.32. The Morgan fingerprint density at radius 2 is 1.88 bits per heavy atom. The average molecular weight is 358 g/mol. The second kappa shape index (κ2) is 10.0. The standard InChI is InChI=1S/C19H22N2O5/c1-2-26-19(24)16(10-14-6-4-3-5-7-14)11-20-17(22)12-21-18(23)15-8-9-25-13-15/h3-9,13,16H,2,10-12H2,1H3,(H,20,22)(H,21,23)/t16-/m0/s1. The van der Waals surface area contributed by atoms with Gasteiger partial charge in [-0.1, -0.05) is 30.3 Å². The molecular weight excluding hydrogens is 336 g/mol. The van der Waals surface area contributed by atoms with Crippen molar-refractivity contribution in [1.29, 1.82) is 0 Å². The van der Waals surface area contributed by atoms with Crippen molar-refractivity contribution < 1.29 is 23.5 Å². The topological polar surface area (TPSA) is 97.6 Å². The third-order valence-corrected chi connectivity index (χ3v) is 3.68. The fourth-order valence-electron chi connectivity index (χ4n) is 2.35. The van der Waals surface area contributed by atoms with E-state index in [9.17, 15) is 14.4 Å². The number of hydrogen-bond acceptors (Lipinski definition) is 5. The fourth-order valence-corrected chi connectivity index (χ4v) is 2.35. The molecule has 1 atom stereocenters. The first kappa shape index (κ1) is 19.2. The summed E-state index contributed by atoms with van der Waals surface area (Å²) in [5, 5.41) is 5.15. The van der Waals surface area contributed by atoms with E-state index >= 15 is 0 Å². The molecule has 7 nitrogen and oxygen atoms in total. The van der Waals surface area contributed by atoms with Gasteiger partial charge in [-0.2, -0.15) is 0 Å². The smallest absolute Gasteiger partial charge is 0.311 e. The van der Waals surface area contributed by atoms with E-state index < -0.39 is 11.8 Å². The third kappa shape index (κ3) is 6.08. The first-order chi connectivity index (χ1) is 12.6. The summed E-state index contributed by atoms with van der Waals surface area (Å²) in [6.45, 7) is 1.96. The molecule has 0 aliphatic heterocycles. The Labute approximate surface area is 151 Å². The Morgan fingerprint density at radius 1 is 1.12 bits per heavy atom. The molecule has 0 unspecified atom stereocenters. The number of hydrogen-bond donors (Lipinski definition) is 2. The second-order valence-corrected chi connectivity index (χ2v) is 5.64. The summed E-state index contributed by atoms with van der Waals surface area (Å²) in [6.07, 6.45) is 3.13. The second-order valence-electron chi connectivity index (χ2n) is 5.64. The molecule has 0 saturated heterocycles. The number of rotatable bonds is 9. The highest BCUT2D eigenvalue weighted by molar-refractivity contribution is 5.96. The van der Waals surface area contributed by atoms with Gasteiger partial charge in [-0.05, 0) is 25.0 Å². The van der Waals surface area contributed by atoms with E-state index in [-0.39, 0.29) is 31.6 Å². The van der Waals surface area contributed by atoms with Crippen LogP contribution in [0.4, 0.5) is 0 Å². The molecule has 0 bridgehead atoms. The summed E-state index contributed by atoms with van der Waals surface area (Å²) in [6, 6.07) is 11.0. The maximum atomic E-state index is 12.1. The molecule has 2 N–H and O–H groups in total. The Bertz CT molecular complexity index is 713. The Kier molecular flexibility index (Phi) is 7.42. The molecule has 7 heteroatoms. The van der Waals surface area contributed by atoms with Crippen molar-refractivity contribution in [2.75, 3.05) is 19.7 Å². The Hall–Kier alpha value is -3.09. The molecule has 0 aliphatic carbocycles. The minimum absolute atomic E-state index is 0.133. The third-order valence-electron chi connectivity index (χ3n) is 3.68. The van der Waals surface area contributed by atoms with Crippen LogP contribution in [0, 0.1) is 5.92 Å².